The van der Waals surface area contributed by atoms with Crippen LogP contribution in [0.2, 0.25) is 0 Å². The molecule has 1 aliphatic heterocycles. The number of likely N-dealkylation sites (N-methyl/N-ethyl adjacent to an activating group) is 1. The Bertz CT molecular complexity index is 1250. The van der Waals surface area contributed by atoms with E-state index in [1.807, 2.05) is 37.2 Å². The van der Waals surface area contributed by atoms with Crippen molar-refractivity contribution in [1.29, 1.82) is 0 Å². The van der Waals surface area contributed by atoms with Gasteiger partial charge in [-0.05, 0) is 56.6 Å². The van der Waals surface area contributed by atoms with E-state index in [2.05, 4.69) is 4.98 Å². The second kappa shape index (κ2) is 10.4. The maximum atomic E-state index is 13.5. The number of thiazole rings is 1. The second-order valence-corrected chi connectivity index (χ2v) is 11.1. The molecule has 1 aromatic heterocycles. The summed E-state index contributed by atoms with van der Waals surface area (Å²) in [6, 6.07) is 11.7. The number of hydrogen-bond donors (Lipinski definition) is 0. The van der Waals surface area contributed by atoms with Gasteiger partial charge >= 0.3 is 0 Å². The molecule has 0 spiro atoms. The average Bonchev–Trinajstić information content (AvgIpc) is 3.27. The van der Waals surface area contributed by atoms with Crippen molar-refractivity contribution in [1.82, 2.24) is 14.2 Å². The van der Waals surface area contributed by atoms with Gasteiger partial charge in [0.15, 0.2) is 5.13 Å². The topological polar surface area (TPSA) is 92.3 Å². The van der Waals surface area contributed by atoms with E-state index < -0.39 is 10.0 Å². The highest BCUT2D eigenvalue weighted by molar-refractivity contribution is 7.89. The lowest BCUT2D eigenvalue weighted by Gasteiger charge is -2.26. The fourth-order valence-corrected chi connectivity index (χ4v) is 6.01. The minimum absolute atomic E-state index is 0.165. The van der Waals surface area contributed by atoms with Crippen molar-refractivity contribution in [2.24, 2.45) is 0 Å². The maximum absolute atomic E-state index is 13.5. The van der Waals surface area contributed by atoms with E-state index in [9.17, 15) is 13.2 Å². The minimum Gasteiger partial charge on any atom is -0.497 e. The molecule has 0 saturated carbocycles. The number of anilines is 1. The molecule has 0 bridgehead atoms. The van der Waals surface area contributed by atoms with E-state index in [0.717, 1.165) is 16.0 Å². The monoisotopic (exact) mass is 504 g/mol. The van der Waals surface area contributed by atoms with Gasteiger partial charge < -0.3 is 14.4 Å². The first kappa shape index (κ1) is 24.6. The number of rotatable bonds is 8. The summed E-state index contributed by atoms with van der Waals surface area (Å²) in [6.07, 6.45) is 0. The van der Waals surface area contributed by atoms with Crippen LogP contribution in [0.5, 0.6) is 5.75 Å². The van der Waals surface area contributed by atoms with Gasteiger partial charge in [0, 0.05) is 31.7 Å². The summed E-state index contributed by atoms with van der Waals surface area (Å²) in [7, 11) is 1.87. The third kappa shape index (κ3) is 5.23. The van der Waals surface area contributed by atoms with Crippen LogP contribution in [0.25, 0.3) is 10.2 Å². The quantitative estimate of drug-likeness (QED) is 0.466. The molecule has 0 N–H and O–H groups in total. The molecule has 182 valence electrons. The Hall–Kier alpha value is -2.57. The van der Waals surface area contributed by atoms with E-state index in [-0.39, 0.29) is 10.8 Å². The first-order chi connectivity index (χ1) is 16.3. The number of benzene rings is 2. The van der Waals surface area contributed by atoms with Crippen LogP contribution >= 0.6 is 11.3 Å². The van der Waals surface area contributed by atoms with Gasteiger partial charge in [-0.3, -0.25) is 9.69 Å². The van der Waals surface area contributed by atoms with Crippen LogP contribution in [0.15, 0.2) is 47.4 Å². The fourth-order valence-electron chi connectivity index (χ4n) is 3.58. The van der Waals surface area contributed by atoms with E-state index in [1.165, 1.54) is 27.8 Å². The molecule has 0 unspecified atom stereocenters. The van der Waals surface area contributed by atoms with Gasteiger partial charge in [-0.2, -0.15) is 4.31 Å². The zero-order valence-electron chi connectivity index (χ0n) is 19.4. The second-order valence-electron chi connectivity index (χ2n) is 8.13. The van der Waals surface area contributed by atoms with Crippen molar-refractivity contribution in [3.63, 3.8) is 0 Å². The lowest BCUT2D eigenvalue weighted by Crippen LogP contribution is -2.40. The van der Waals surface area contributed by atoms with Crippen LogP contribution in [0.1, 0.15) is 10.4 Å². The summed E-state index contributed by atoms with van der Waals surface area (Å²) in [5, 5.41) is 0.583. The summed E-state index contributed by atoms with van der Waals surface area (Å²) in [4.78, 5) is 22.0. The number of sulfonamides is 1. The fraction of sp³-hybridized carbons (Fsp3) is 0.391. The molecular weight excluding hydrogens is 476 g/mol. The van der Waals surface area contributed by atoms with Gasteiger partial charge in [0.25, 0.3) is 5.91 Å². The Morgan fingerprint density at radius 1 is 1.12 bits per heavy atom. The minimum atomic E-state index is -3.62. The Balaban J connectivity index is 1.61. The van der Waals surface area contributed by atoms with Crippen molar-refractivity contribution in [2.45, 2.75) is 4.90 Å². The largest absolute Gasteiger partial charge is 0.497 e. The van der Waals surface area contributed by atoms with Crippen LogP contribution in [-0.2, 0) is 14.8 Å². The molecule has 1 aliphatic rings. The molecule has 0 radical (unpaired) electrons. The third-order valence-electron chi connectivity index (χ3n) is 5.54. The molecule has 11 heteroatoms. The van der Waals surface area contributed by atoms with Crippen LogP contribution in [0.3, 0.4) is 0 Å². The van der Waals surface area contributed by atoms with Crippen molar-refractivity contribution in [2.75, 3.05) is 65.5 Å². The number of nitrogens with zero attached hydrogens (tertiary/aromatic N) is 4. The number of morpholine rings is 1. The highest BCUT2D eigenvalue weighted by atomic mass is 32.2. The highest BCUT2D eigenvalue weighted by Crippen LogP contribution is 2.32. The summed E-state index contributed by atoms with van der Waals surface area (Å²) >= 11 is 1.42. The first-order valence-corrected chi connectivity index (χ1v) is 13.1. The molecule has 2 heterocycles. The first-order valence-electron chi connectivity index (χ1n) is 10.9. The molecule has 0 atom stereocenters. The van der Waals surface area contributed by atoms with Crippen LogP contribution in [0, 0.1) is 0 Å². The Morgan fingerprint density at radius 3 is 2.47 bits per heavy atom. The molecule has 4 rings (SSSR count). The summed E-state index contributed by atoms with van der Waals surface area (Å²) < 4.78 is 38.7. The lowest BCUT2D eigenvalue weighted by atomic mass is 10.2. The van der Waals surface area contributed by atoms with Crippen molar-refractivity contribution >= 4 is 42.6 Å². The Morgan fingerprint density at radius 2 is 1.82 bits per heavy atom. The van der Waals surface area contributed by atoms with E-state index in [0.29, 0.717) is 50.1 Å². The van der Waals surface area contributed by atoms with Gasteiger partial charge in [0.1, 0.15) is 5.75 Å². The molecule has 0 aliphatic carbocycles. The van der Waals surface area contributed by atoms with Crippen molar-refractivity contribution < 1.29 is 22.7 Å². The molecule has 34 heavy (non-hydrogen) atoms. The molecule has 2 aromatic carbocycles. The normalized spacial score (nSPS) is 15.1. The molecule has 1 amide bonds. The van der Waals surface area contributed by atoms with Crippen LogP contribution in [-0.4, -0.2) is 89.1 Å². The predicted octanol–water partition coefficient (Wildman–Crippen LogP) is 2.53. The van der Waals surface area contributed by atoms with E-state index in [4.69, 9.17) is 9.47 Å². The number of ether oxygens (including phenoxy) is 2. The Labute approximate surface area is 203 Å². The number of carbonyl (C=O) groups is 1. The number of amides is 1. The van der Waals surface area contributed by atoms with Gasteiger partial charge in [0.2, 0.25) is 10.0 Å². The zero-order valence-corrected chi connectivity index (χ0v) is 21.1. The smallest absolute Gasteiger partial charge is 0.260 e. The SMILES string of the molecule is COc1ccc2nc(N(CCN(C)C)C(=O)c3ccc(S(=O)(=O)N4CCOCC4)cc3)sc2c1. The van der Waals surface area contributed by atoms with Gasteiger partial charge in [-0.25, -0.2) is 13.4 Å². The summed E-state index contributed by atoms with van der Waals surface area (Å²) in [5.74, 6) is 0.495. The standard InChI is InChI=1S/C23H28N4O5S2/c1-25(2)10-11-27(23-24-20-9-6-18(31-3)16-21(20)33-23)22(28)17-4-7-19(8-5-17)34(29,30)26-12-14-32-15-13-26/h4-9,16H,10-15H2,1-3H3. The van der Waals surface area contributed by atoms with Gasteiger partial charge in [0.05, 0.1) is 35.4 Å². The number of carbonyl (C=O) groups excluding carboxylic acids is 1. The third-order valence-corrected chi connectivity index (χ3v) is 8.49. The van der Waals surface area contributed by atoms with Crippen LogP contribution in [0.4, 0.5) is 5.13 Å². The number of methoxy groups -OCH3 is 1. The molecule has 9 nitrogen and oxygen atoms in total. The number of hydrogen-bond acceptors (Lipinski definition) is 8. The van der Waals surface area contributed by atoms with Crippen molar-refractivity contribution in [3.05, 3.63) is 48.0 Å². The molecule has 3 aromatic rings. The van der Waals surface area contributed by atoms with E-state index >= 15 is 0 Å². The van der Waals surface area contributed by atoms with Gasteiger partial charge in [-0.15, -0.1) is 0 Å². The Kier molecular flexibility index (Phi) is 7.48. The summed E-state index contributed by atoms with van der Waals surface area (Å²) in [5.41, 5.74) is 1.19. The number of aromatic nitrogens is 1. The number of fused-ring (bicyclic) bond motifs is 1. The van der Waals surface area contributed by atoms with Crippen LogP contribution < -0.4 is 9.64 Å². The highest BCUT2D eigenvalue weighted by Gasteiger charge is 2.27. The maximum Gasteiger partial charge on any atom is 0.260 e. The lowest BCUT2D eigenvalue weighted by molar-refractivity contribution is 0.0730. The van der Waals surface area contributed by atoms with Crippen molar-refractivity contribution in [3.8, 4) is 5.75 Å². The molecular formula is C23H28N4O5S2. The zero-order chi connectivity index (χ0) is 24.3. The van der Waals surface area contributed by atoms with E-state index in [1.54, 1.807) is 24.1 Å². The molecule has 1 saturated heterocycles. The predicted molar refractivity (Wildman–Crippen MR) is 132 cm³/mol. The molecule has 1 fully saturated rings. The summed E-state index contributed by atoms with van der Waals surface area (Å²) in [6.45, 7) is 2.49. The average molecular weight is 505 g/mol. The van der Waals surface area contributed by atoms with Gasteiger partial charge in [-0.1, -0.05) is 11.3 Å².